The monoisotopic (exact) mass is 401 g/mol. The maximum atomic E-state index is 13.4. The van der Waals surface area contributed by atoms with Gasteiger partial charge in [0, 0.05) is 31.4 Å². The number of hydrogen-bond acceptors (Lipinski definition) is 5. The van der Waals surface area contributed by atoms with E-state index >= 15 is 0 Å². The molecule has 7 heteroatoms. The zero-order valence-corrected chi connectivity index (χ0v) is 17.1. The molecule has 0 N–H and O–H groups in total. The summed E-state index contributed by atoms with van der Waals surface area (Å²) in [6, 6.07) is 10.9. The quantitative estimate of drug-likeness (QED) is 0.788. The van der Waals surface area contributed by atoms with E-state index in [2.05, 4.69) is 9.88 Å². The zero-order chi connectivity index (χ0) is 19.6. The number of benzene rings is 1. The van der Waals surface area contributed by atoms with E-state index in [4.69, 9.17) is 4.74 Å². The minimum Gasteiger partial charge on any atom is -0.378 e. The topological polar surface area (TPSA) is 62.7 Å². The van der Waals surface area contributed by atoms with Crippen molar-refractivity contribution in [2.75, 3.05) is 37.7 Å². The van der Waals surface area contributed by atoms with E-state index in [1.807, 2.05) is 31.2 Å². The van der Waals surface area contributed by atoms with Gasteiger partial charge in [0.05, 0.1) is 24.2 Å². The third kappa shape index (κ3) is 3.79. The molecule has 0 spiro atoms. The van der Waals surface area contributed by atoms with Crippen LogP contribution in [0.1, 0.15) is 36.4 Å². The minimum absolute atomic E-state index is 0.188. The fourth-order valence-electron chi connectivity index (χ4n) is 4.06. The van der Waals surface area contributed by atoms with Gasteiger partial charge in [0.2, 0.25) is 10.0 Å². The summed E-state index contributed by atoms with van der Waals surface area (Å²) in [5.41, 5.74) is 2.05. The van der Waals surface area contributed by atoms with Gasteiger partial charge in [-0.2, -0.15) is 4.31 Å². The van der Waals surface area contributed by atoms with Crippen LogP contribution < -0.4 is 4.90 Å². The van der Waals surface area contributed by atoms with E-state index in [-0.39, 0.29) is 6.04 Å². The summed E-state index contributed by atoms with van der Waals surface area (Å²) in [7, 11) is -3.56. The smallest absolute Gasteiger partial charge is 0.243 e. The van der Waals surface area contributed by atoms with Crippen molar-refractivity contribution >= 4 is 15.8 Å². The Morgan fingerprint density at radius 2 is 1.79 bits per heavy atom. The van der Waals surface area contributed by atoms with Crippen molar-refractivity contribution in [3.8, 4) is 0 Å². The van der Waals surface area contributed by atoms with Crippen molar-refractivity contribution in [1.29, 1.82) is 0 Å². The largest absolute Gasteiger partial charge is 0.378 e. The number of hydrogen-bond donors (Lipinski definition) is 0. The van der Waals surface area contributed by atoms with Gasteiger partial charge in [-0.25, -0.2) is 13.4 Å². The predicted octanol–water partition coefficient (Wildman–Crippen LogP) is 3.14. The van der Waals surface area contributed by atoms with E-state index in [9.17, 15) is 8.42 Å². The van der Waals surface area contributed by atoms with Crippen molar-refractivity contribution in [1.82, 2.24) is 9.29 Å². The van der Waals surface area contributed by atoms with Crippen LogP contribution in [-0.2, 0) is 14.8 Å². The first-order valence-corrected chi connectivity index (χ1v) is 11.4. The molecule has 4 rings (SSSR count). The molecule has 2 aliphatic heterocycles. The molecular weight excluding hydrogens is 374 g/mol. The van der Waals surface area contributed by atoms with Crippen molar-refractivity contribution in [2.24, 2.45) is 0 Å². The average Bonchev–Trinajstić information content (AvgIpc) is 2.75. The van der Waals surface area contributed by atoms with Gasteiger partial charge in [-0.1, -0.05) is 30.2 Å². The summed E-state index contributed by atoms with van der Waals surface area (Å²) in [4.78, 5) is 7.20. The van der Waals surface area contributed by atoms with Crippen molar-refractivity contribution < 1.29 is 13.2 Å². The Morgan fingerprint density at radius 1 is 1.04 bits per heavy atom. The second kappa shape index (κ2) is 8.19. The Labute approximate surface area is 167 Å². The van der Waals surface area contributed by atoms with E-state index in [1.165, 1.54) is 0 Å². The highest BCUT2D eigenvalue weighted by molar-refractivity contribution is 7.89. The first kappa shape index (κ1) is 19.4. The number of ether oxygens (including phenoxy) is 1. The Bertz CT molecular complexity index is 909. The fraction of sp³-hybridized carbons (Fsp3) is 0.476. The number of pyridine rings is 1. The van der Waals surface area contributed by atoms with E-state index in [1.54, 1.807) is 22.6 Å². The number of aromatic nitrogens is 1. The molecule has 0 saturated carbocycles. The minimum atomic E-state index is -3.56. The summed E-state index contributed by atoms with van der Waals surface area (Å²) < 4.78 is 34.0. The van der Waals surface area contributed by atoms with Crippen molar-refractivity contribution in [3.63, 3.8) is 0 Å². The first-order valence-electron chi connectivity index (χ1n) is 9.93. The standard InChI is InChI=1S/C21H27N3O3S/c1-17-7-9-18(10-8-17)28(25,26)24-12-3-2-6-20(24)19-5-4-11-22-21(19)23-13-15-27-16-14-23/h4-5,7-11,20H,2-3,6,12-16H2,1H3. The van der Waals surface area contributed by atoms with Crippen LogP contribution in [-0.4, -0.2) is 50.6 Å². The molecule has 3 heterocycles. The summed E-state index contributed by atoms with van der Waals surface area (Å²) in [5, 5.41) is 0. The Kier molecular flexibility index (Phi) is 5.66. The third-order valence-electron chi connectivity index (χ3n) is 5.57. The summed E-state index contributed by atoms with van der Waals surface area (Å²) in [6.45, 7) is 5.41. The van der Waals surface area contributed by atoms with Gasteiger partial charge < -0.3 is 9.64 Å². The molecule has 2 fully saturated rings. The molecule has 0 bridgehead atoms. The highest BCUT2D eigenvalue weighted by Crippen LogP contribution is 2.38. The molecule has 1 aromatic heterocycles. The normalized spacial score (nSPS) is 21.6. The van der Waals surface area contributed by atoms with Crippen LogP contribution >= 0.6 is 0 Å². The molecule has 150 valence electrons. The van der Waals surface area contributed by atoms with E-state index in [0.29, 0.717) is 24.7 Å². The lowest BCUT2D eigenvalue weighted by Crippen LogP contribution is -2.41. The Hall–Kier alpha value is -1.96. The second-order valence-electron chi connectivity index (χ2n) is 7.46. The number of aryl methyl sites for hydroxylation is 1. The third-order valence-corrected chi connectivity index (χ3v) is 7.49. The Balaban J connectivity index is 1.71. The number of rotatable bonds is 4. The average molecular weight is 402 g/mol. The van der Waals surface area contributed by atoms with Gasteiger partial charge in [-0.15, -0.1) is 0 Å². The highest BCUT2D eigenvalue weighted by atomic mass is 32.2. The molecular formula is C21H27N3O3S. The van der Waals surface area contributed by atoms with Gasteiger partial charge in [0.15, 0.2) is 0 Å². The van der Waals surface area contributed by atoms with Gasteiger partial charge in [-0.05, 0) is 38.0 Å². The molecule has 1 atom stereocenters. The first-order chi connectivity index (χ1) is 13.6. The summed E-state index contributed by atoms with van der Waals surface area (Å²) in [6.07, 6.45) is 4.50. The summed E-state index contributed by atoms with van der Waals surface area (Å²) in [5.74, 6) is 0.891. The van der Waals surface area contributed by atoms with Gasteiger partial charge in [-0.3, -0.25) is 0 Å². The van der Waals surface area contributed by atoms with Crippen LogP contribution in [0.5, 0.6) is 0 Å². The van der Waals surface area contributed by atoms with E-state index < -0.39 is 10.0 Å². The molecule has 28 heavy (non-hydrogen) atoms. The second-order valence-corrected chi connectivity index (χ2v) is 9.35. The lowest BCUT2D eigenvalue weighted by molar-refractivity contribution is 0.122. The molecule has 2 aromatic rings. The molecule has 2 saturated heterocycles. The predicted molar refractivity (Wildman–Crippen MR) is 109 cm³/mol. The zero-order valence-electron chi connectivity index (χ0n) is 16.3. The van der Waals surface area contributed by atoms with E-state index in [0.717, 1.165) is 49.3 Å². The summed E-state index contributed by atoms with van der Waals surface area (Å²) >= 11 is 0. The van der Waals surface area contributed by atoms with Gasteiger partial charge in [0.25, 0.3) is 0 Å². The fourth-order valence-corrected chi connectivity index (χ4v) is 5.73. The highest BCUT2D eigenvalue weighted by Gasteiger charge is 2.36. The van der Waals surface area contributed by atoms with Crippen LogP contribution in [0, 0.1) is 6.92 Å². The maximum absolute atomic E-state index is 13.4. The SMILES string of the molecule is Cc1ccc(S(=O)(=O)N2CCCCC2c2cccnc2N2CCOCC2)cc1. The van der Waals surface area contributed by atoms with Gasteiger partial charge >= 0.3 is 0 Å². The van der Waals surface area contributed by atoms with Crippen LogP contribution in [0.3, 0.4) is 0 Å². The molecule has 0 aliphatic carbocycles. The number of anilines is 1. The maximum Gasteiger partial charge on any atom is 0.243 e. The number of nitrogens with zero attached hydrogens (tertiary/aromatic N) is 3. The number of morpholine rings is 1. The lowest BCUT2D eigenvalue weighted by Gasteiger charge is -2.37. The molecule has 2 aliphatic rings. The molecule has 1 unspecified atom stereocenters. The van der Waals surface area contributed by atoms with Crippen LogP contribution in [0.25, 0.3) is 0 Å². The lowest BCUT2D eigenvalue weighted by atomic mass is 9.97. The number of sulfonamides is 1. The number of piperidine rings is 1. The molecule has 0 radical (unpaired) electrons. The Morgan fingerprint density at radius 3 is 2.54 bits per heavy atom. The van der Waals surface area contributed by atoms with Crippen molar-refractivity contribution in [3.05, 3.63) is 53.7 Å². The van der Waals surface area contributed by atoms with Crippen LogP contribution in [0.15, 0.2) is 47.5 Å². The molecule has 1 aromatic carbocycles. The van der Waals surface area contributed by atoms with Crippen molar-refractivity contribution in [2.45, 2.75) is 37.1 Å². The van der Waals surface area contributed by atoms with Crippen LogP contribution in [0.2, 0.25) is 0 Å². The van der Waals surface area contributed by atoms with Gasteiger partial charge in [0.1, 0.15) is 5.82 Å². The molecule has 6 nitrogen and oxygen atoms in total. The van der Waals surface area contributed by atoms with Crippen LogP contribution in [0.4, 0.5) is 5.82 Å². The molecule has 0 amide bonds.